The first-order chi connectivity index (χ1) is 8.35. The summed E-state index contributed by atoms with van der Waals surface area (Å²) in [7, 11) is 2.01. The van der Waals surface area contributed by atoms with Crippen LogP contribution in [0.4, 0.5) is 0 Å². The largest absolute Gasteiger partial charge is 0.311 e. The zero-order chi connectivity index (χ0) is 12.1. The van der Waals surface area contributed by atoms with Crippen LogP contribution in [0.3, 0.4) is 0 Å². The maximum Gasteiger partial charge on any atom is 0.0556 e. The van der Waals surface area contributed by atoms with E-state index >= 15 is 0 Å². The number of nitrogens with zero attached hydrogens (tertiary/aromatic N) is 2. The molecular weight excluding hydrogens is 230 g/mol. The Labute approximate surface area is 106 Å². The Morgan fingerprint density at radius 2 is 2.35 bits per heavy atom. The predicted molar refractivity (Wildman–Crippen MR) is 72.3 cm³/mol. The number of hydrogen-bond acceptors (Lipinski definition) is 3. The highest BCUT2D eigenvalue weighted by atomic mass is 32.1. The highest BCUT2D eigenvalue weighted by Crippen LogP contribution is 2.19. The van der Waals surface area contributed by atoms with Gasteiger partial charge in [-0.2, -0.15) is 16.4 Å². The van der Waals surface area contributed by atoms with Gasteiger partial charge in [0.25, 0.3) is 0 Å². The molecule has 0 aliphatic carbocycles. The molecule has 3 nitrogen and oxygen atoms in total. The Hall–Kier alpha value is -1.13. The van der Waals surface area contributed by atoms with E-state index < -0.39 is 0 Å². The number of likely N-dealkylation sites (N-methyl/N-ethyl adjacent to an activating group) is 1. The van der Waals surface area contributed by atoms with Crippen LogP contribution in [0.15, 0.2) is 29.1 Å². The van der Waals surface area contributed by atoms with Gasteiger partial charge in [0.05, 0.1) is 11.7 Å². The van der Waals surface area contributed by atoms with Gasteiger partial charge in [-0.3, -0.25) is 4.68 Å². The second-order valence-corrected chi connectivity index (χ2v) is 4.94. The van der Waals surface area contributed by atoms with Crippen LogP contribution in [-0.2, 0) is 13.0 Å². The predicted octanol–water partition coefficient (Wildman–Crippen LogP) is 2.86. The average Bonchev–Trinajstić information content (AvgIpc) is 2.97. The number of nitrogens with one attached hydrogen (secondary N) is 1. The molecule has 0 aliphatic heterocycles. The van der Waals surface area contributed by atoms with Crippen LogP contribution in [0.25, 0.3) is 0 Å². The Morgan fingerprint density at radius 3 is 3.00 bits per heavy atom. The molecule has 2 aromatic rings. The lowest BCUT2D eigenvalue weighted by atomic mass is 10.1. The smallest absolute Gasteiger partial charge is 0.0556 e. The Morgan fingerprint density at radius 1 is 1.47 bits per heavy atom. The fraction of sp³-hybridized carbons (Fsp3) is 0.462. The Balaban J connectivity index is 2.14. The van der Waals surface area contributed by atoms with Crippen LogP contribution in [0.1, 0.15) is 30.6 Å². The van der Waals surface area contributed by atoms with Crippen LogP contribution in [0.5, 0.6) is 0 Å². The van der Waals surface area contributed by atoms with Gasteiger partial charge in [0, 0.05) is 12.7 Å². The molecule has 0 aliphatic rings. The maximum absolute atomic E-state index is 4.38. The molecule has 1 unspecified atom stereocenters. The van der Waals surface area contributed by atoms with Gasteiger partial charge in [0.2, 0.25) is 0 Å². The first-order valence-corrected chi connectivity index (χ1v) is 6.99. The average molecular weight is 249 g/mol. The molecule has 0 radical (unpaired) electrons. The van der Waals surface area contributed by atoms with Crippen molar-refractivity contribution in [3.63, 3.8) is 0 Å². The van der Waals surface area contributed by atoms with Crippen molar-refractivity contribution in [3.05, 3.63) is 40.3 Å². The second kappa shape index (κ2) is 5.98. The lowest BCUT2D eigenvalue weighted by Gasteiger charge is -2.17. The van der Waals surface area contributed by atoms with E-state index in [1.54, 1.807) is 11.3 Å². The molecule has 92 valence electrons. The first kappa shape index (κ1) is 12.3. The lowest BCUT2D eigenvalue weighted by Crippen LogP contribution is -2.22. The molecule has 0 fully saturated rings. The molecule has 1 N–H and O–H groups in total. The van der Waals surface area contributed by atoms with Crippen LogP contribution < -0.4 is 5.32 Å². The number of rotatable bonds is 6. The molecule has 1 atom stereocenters. The van der Waals surface area contributed by atoms with Crippen LogP contribution >= 0.6 is 11.3 Å². The van der Waals surface area contributed by atoms with Gasteiger partial charge in [-0.15, -0.1) is 0 Å². The van der Waals surface area contributed by atoms with E-state index in [2.05, 4.69) is 44.9 Å². The minimum Gasteiger partial charge on any atom is -0.311 e. The van der Waals surface area contributed by atoms with Gasteiger partial charge in [-0.1, -0.05) is 6.92 Å². The Kier molecular flexibility index (Phi) is 4.34. The van der Waals surface area contributed by atoms with Crippen molar-refractivity contribution in [2.45, 2.75) is 32.4 Å². The van der Waals surface area contributed by atoms with Crippen LogP contribution in [0, 0.1) is 0 Å². The lowest BCUT2D eigenvalue weighted by molar-refractivity contribution is 0.497. The minimum absolute atomic E-state index is 0.346. The summed E-state index contributed by atoms with van der Waals surface area (Å²) in [5.41, 5.74) is 2.67. The summed E-state index contributed by atoms with van der Waals surface area (Å²) in [6.45, 7) is 3.17. The summed E-state index contributed by atoms with van der Waals surface area (Å²) in [4.78, 5) is 0. The summed E-state index contributed by atoms with van der Waals surface area (Å²) in [6, 6.07) is 4.65. The molecule has 0 saturated carbocycles. The van der Waals surface area contributed by atoms with Gasteiger partial charge in [0.15, 0.2) is 0 Å². The topological polar surface area (TPSA) is 29.9 Å². The van der Waals surface area contributed by atoms with Crippen molar-refractivity contribution in [1.82, 2.24) is 15.1 Å². The number of aromatic nitrogens is 2. The summed E-state index contributed by atoms with van der Waals surface area (Å²) < 4.78 is 2.10. The standard InChI is InChI=1S/C13H19N3S/c1-3-7-16-13(4-6-15-16)12(14-2)9-11-5-8-17-10-11/h4-6,8,10,12,14H,3,7,9H2,1-2H3. The van der Waals surface area contributed by atoms with Gasteiger partial charge < -0.3 is 5.32 Å². The van der Waals surface area contributed by atoms with Gasteiger partial charge in [-0.25, -0.2) is 0 Å². The van der Waals surface area contributed by atoms with Crippen molar-refractivity contribution < 1.29 is 0 Å². The molecule has 2 aromatic heterocycles. The van der Waals surface area contributed by atoms with Gasteiger partial charge >= 0.3 is 0 Å². The number of aryl methyl sites for hydroxylation is 1. The maximum atomic E-state index is 4.38. The first-order valence-electron chi connectivity index (χ1n) is 6.05. The zero-order valence-corrected chi connectivity index (χ0v) is 11.2. The minimum atomic E-state index is 0.346. The zero-order valence-electron chi connectivity index (χ0n) is 10.4. The third-order valence-corrected chi connectivity index (χ3v) is 3.64. The molecule has 0 spiro atoms. The van der Waals surface area contributed by atoms with Gasteiger partial charge in [-0.05, 0) is 48.3 Å². The summed E-state index contributed by atoms with van der Waals surface area (Å²) in [6.07, 6.45) is 4.03. The van der Waals surface area contributed by atoms with E-state index in [1.807, 2.05) is 13.2 Å². The Bertz CT molecular complexity index is 433. The van der Waals surface area contributed by atoms with E-state index in [-0.39, 0.29) is 0 Å². The molecular formula is C13H19N3S. The van der Waals surface area contributed by atoms with Crippen molar-refractivity contribution in [3.8, 4) is 0 Å². The van der Waals surface area contributed by atoms with E-state index in [0.29, 0.717) is 6.04 Å². The fourth-order valence-corrected chi connectivity index (χ4v) is 2.72. The summed E-state index contributed by atoms with van der Waals surface area (Å²) >= 11 is 1.75. The molecule has 0 aromatic carbocycles. The molecule has 0 saturated heterocycles. The van der Waals surface area contributed by atoms with Crippen LogP contribution in [-0.4, -0.2) is 16.8 Å². The normalized spacial score (nSPS) is 12.8. The van der Waals surface area contributed by atoms with E-state index in [4.69, 9.17) is 0 Å². The molecule has 4 heteroatoms. The third-order valence-electron chi connectivity index (χ3n) is 2.91. The third kappa shape index (κ3) is 2.96. The van der Waals surface area contributed by atoms with Gasteiger partial charge in [0.1, 0.15) is 0 Å². The second-order valence-electron chi connectivity index (χ2n) is 4.16. The summed E-state index contributed by atoms with van der Waals surface area (Å²) in [5, 5.41) is 12.1. The highest BCUT2D eigenvalue weighted by molar-refractivity contribution is 7.07. The SMILES string of the molecule is CCCn1nccc1C(Cc1ccsc1)NC. The van der Waals surface area contributed by atoms with Crippen molar-refractivity contribution >= 4 is 11.3 Å². The quantitative estimate of drug-likeness (QED) is 0.853. The number of thiophene rings is 1. The van der Waals surface area contributed by atoms with E-state index in [0.717, 1.165) is 19.4 Å². The molecule has 0 bridgehead atoms. The van der Waals surface area contributed by atoms with E-state index in [1.165, 1.54) is 11.3 Å². The van der Waals surface area contributed by atoms with Crippen molar-refractivity contribution in [1.29, 1.82) is 0 Å². The van der Waals surface area contributed by atoms with Crippen molar-refractivity contribution in [2.75, 3.05) is 7.05 Å². The molecule has 0 amide bonds. The summed E-state index contributed by atoms with van der Waals surface area (Å²) in [5.74, 6) is 0. The van der Waals surface area contributed by atoms with E-state index in [9.17, 15) is 0 Å². The highest BCUT2D eigenvalue weighted by Gasteiger charge is 2.14. The van der Waals surface area contributed by atoms with Crippen molar-refractivity contribution in [2.24, 2.45) is 0 Å². The molecule has 17 heavy (non-hydrogen) atoms. The molecule has 2 heterocycles. The monoisotopic (exact) mass is 249 g/mol. The molecule has 2 rings (SSSR count). The van der Waals surface area contributed by atoms with Crippen LogP contribution in [0.2, 0.25) is 0 Å². The fourth-order valence-electron chi connectivity index (χ4n) is 2.04. The number of hydrogen-bond donors (Lipinski definition) is 1.